The minimum Gasteiger partial charge on any atom is -0.345 e. The van der Waals surface area contributed by atoms with Crippen LogP contribution in [0.1, 0.15) is 12.8 Å². The molecule has 4 nitrogen and oxygen atoms in total. The van der Waals surface area contributed by atoms with Crippen molar-refractivity contribution < 1.29 is 22.8 Å². The lowest BCUT2D eigenvalue weighted by atomic mass is 10.1. The second kappa shape index (κ2) is 9.69. The molecule has 0 saturated heterocycles. The highest BCUT2D eigenvalue weighted by Crippen LogP contribution is 2.40. The van der Waals surface area contributed by atoms with Crippen LogP contribution in [0, 0.1) is 0 Å². The summed E-state index contributed by atoms with van der Waals surface area (Å²) in [6, 6.07) is 0. The summed E-state index contributed by atoms with van der Waals surface area (Å²) in [7, 11) is 0. The van der Waals surface area contributed by atoms with Gasteiger partial charge in [-0.2, -0.15) is 13.2 Å². The maximum absolute atomic E-state index is 12.3. The first-order valence-electron chi connectivity index (χ1n) is 7.92. The van der Waals surface area contributed by atoms with Crippen molar-refractivity contribution in [2.24, 2.45) is 0 Å². The Morgan fingerprint density at radius 2 is 2.07 bits per heavy atom. The topological polar surface area (TPSA) is 58.2 Å². The Balaban J connectivity index is 1.96. The van der Waals surface area contributed by atoms with Crippen LogP contribution in [0.15, 0.2) is 62.6 Å². The normalized spacial score (nSPS) is 17.0. The van der Waals surface area contributed by atoms with Gasteiger partial charge < -0.3 is 10.6 Å². The van der Waals surface area contributed by atoms with E-state index in [1.165, 1.54) is 0 Å². The van der Waals surface area contributed by atoms with Crippen molar-refractivity contribution in [1.82, 2.24) is 10.6 Å². The van der Waals surface area contributed by atoms with E-state index in [1.807, 2.05) is 30.4 Å². The number of hydrogen-bond acceptors (Lipinski definition) is 3. The van der Waals surface area contributed by atoms with Gasteiger partial charge in [0, 0.05) is 16.4 Å². The van der Waals surface area contributed by atoms with Crippen LogP contribution in [0.25, 0.3) is 0 Å². The number of thioether (sulfide) groups is 1. The molecule has 1 aliphatic carbocycles. The van der Waals surface area contributed by atoms with E-state index in [1.54, 1.807) is 11.4 Å². The Morgan fingerprint density at radius 3 is 2.81 bits per heavy atom. The summed E-state index contributed by atoms with van der Waals surface area (Å²) < 4.78 is 36.2. The predicted octanol–water partition coefficient (Wildman–Crippen LogP) is 3.85. The zero-order chi connectivity index (χ0) is 19.9. The second-order valence-corrected chi connectivity index (χ2v) is 6.99. The van der Waals surface area contributed by atoms with Crippen molar-refractivity contribution in [3.8, 4) is 0 Å². The molecule has 0 spiro atoms. The van der Waals surface area contributed by atoms with Crippen molar-refractivity contribution in [1.29, 1.82) is 0 Å². The zero-order valence-electron chi connectivity index (χ0n) is 14.0. The van der Waals surface area contributed by atoms with E-state index in [2.05, 4.69) is 11.0 Å². The highest BCUT2D eigenvalue weighted by atomic mass is 35.5. The van der Waals surface area contributed by atoms with E-state index in [0.717, 1.165) is 28.7 Å². The minimum atomic E-state index is -4.51. The van der Waals surface area contributed by atoms with Gasteiger partial charge in [-0.05, 0) is 24.1 Å². The van der Waals surface area contributed by atoms with Gasteiger partial charge in [0.2, 0.25) is 5.91 Å². The molecule has 0 unspecified atom stereocenters. The third-order valence-electron chi connectivity index (χ3n) is 3.33. The van der Waals surface area contributed by atoms with Gasteiger partial charge >= 0.3 is 6.18 Å². The molecular weight excluding hydrogens is 401 g/mol. The molecule has 0 saturated carbocycles. The fourth-order valence-corrected chi connectivity index (χ4v) is 3.34. The maximum Gasteiger partial charge on any atom is 0.405 e. The van der Waals surface area contributed by atoms with Crippen LogP contribution in [0.4, 0.5) is 13.2 Å². The summed E-state index contributed by atoms with van der Waals surface area (Å²) in [5.74, 6) is -1.55. The number of rotatable bonds is 5. The van der Waals surface area contributed by atoms with Crippen LogP contribution in [-0.2, 0) is 9.59 Å². The van der Waals surface area contributed by atoms with E-state index in [-0.39, 0.29) is 4.91 Å². The van der Waals surface area contributed by atoms with Gasteiger partial charge in [0.1, 0.15) is 6.54 Å². The van der Waals surface area contributed by atoms with Crippen LogP contribution in [-0.4, -0.2) is 31.1 Å². The molecule has 9 heteroatoms. The lowest BCUT2D eigenvalue weighted by Gasteiger charge is -2.17. The van der Waals surface area contributed by atoms with Crippen LogP contribution in [0.5, 0.6) is 0 Å². The summed E-state index contributed by atoms with van der Waals surface area (Å²) in [5, 5.41) is 4.28. The SMILES string of the molecule is O=C(CNC(=O)C1=C(Cl)CC=C(C2=CC=CCC=C=C2)S1)NCC(F)(F)F. The summed E-state index contributed by atoms with van der Waals surface area (Å²) in [5.41, 5.74) is 3.89. The Kier molecular flexibility index (Phi) is 7.59. The molecule has 1 heterocycles. The number of halogens is 4. The quantitative estimate of drug-likeness (QED) is 0.669. The van der Waals surface area contributed by atoms with Crippen molar-refractivity contribution in [2.75, 3.05) is 13.1 Å². The standard InChI is InChI=1S/C18H16ClF3N2O2S/c19-13-8-9-14(12-6-4-2-1-3-5-7-12)27-16(13)17(26)23-10-15(25)24-11-18(20,21)22/h2-4,6-7,9H,1,8,10-11H2,(H,23,26)(H,24,25). The van der Waals surface area contributed by atoms with E-state index < -0.39 is 31.1 Å². The zero-order valence-corrected chi connectivity index (χ0v) is 15.6. The number of hydrogen-bond donors (Lipinski definition) is 2. The first-order valence-corrected chi connectivity index (χ1v) is 9.12. The Morgan fingerprint density at radius 1 is 1.30 bits per heavy atom. The first-order chi connectivity index (χ1) is 12.8. The fraction of sp³-hybridized carbons (Fsp3) is 0.278. The monoisotopic (exact) mass is 416 g/mol. The highest BCUT2D eigenvalue weighted by molar-refractivity contribution is 8.08. The molecule has 0 fully saturated rings. The van der Waals surface area contributed by atoms with Gasteiger partial charge in [-0.3, -0.25) is 9.59 Å². The molecule has 1 aliphatic heterocycles. The van der Waals surface area contributed by atoms with E-state index in [4.69, 9.17) is 11.6 Å². The summed E-state index contributed by atoms with van der Waals surface area (Å²) in [6.45, 7) is -2.02. The molecule has 2 aliphatic rings. The smallest absolute Gasteiger partial charge is 0.345 e. The molecule has 0 aromatic carbocycles. The van der Waals surface area contributed by atoms with E-state index >= 15 is 0 Å². The molecule has 2 rings (SSSR count). The predicted molar refractivity (Wildman–Crippen MR) is 99.7 cm³/mol. The molecule has 144 valence electrons. The molecule has 2 amide bonds. The van der Waals surface area contributed by atoms with Crippen LogP contribution in [0.3, 0.4) is 0 Å². The molecule has 27 heavy (non-hydrogen) atoms. The molecule has 0 aromatic heterocycles. The fourth-order valence-electron chi connectivity index (χ4n) is 2.07. The number of nitrogens with one attached hydrogen (secondary N) is 2. The highest BCUT2D eigenvalue weighted by Gasteiger charge is 2.28. The number of alkyl halides is 3. The van der Waals surface area contributed by atoms with E-state index in [9.17, 15) is 22.8 Å². The van der Waals surface area contributed by atoms with Crippen molar-refractivity contribution in [3.05, 3.63) is 62.6 Å². The largest absolute Gasteiger partial charge is 0.405 e. The number of amides is 2. The van der Waals surface area contributed by atoms with Crippen molar-refractivity contribution >= 4 is 35.2 Å². The maximum atomic E-state index is 12.3. The van der Waals surface area contributed by atoms with E-state index in [0.29, 0.717) is 11.5 Å². The van der Waals surface area contributed by atoms with Gasteiger partial charge in [0.15, 0.2) is 0 Å². The lowest BCUT2D eigenvalue weighted by molar-refractivity contribution is -0.138. The molecule has 2 N–H and O–H groups in total. The molecule has 0 atom stereocenters. The Bertz CT molecular complexity index is 804. The van der Waals surface area contributed by atoms with Gasteiger partial charge in [-0.15, -0.1) is 5.73 Å². The van der Waals surface area contributed by atoms with Gasteiger partial charge in [-0.25, -0.2) is 0 Å². The molecular formula is C18H16ClF3N2O2S. The second-order valence-electron chi connectivity index (χ2n) is 5.48. The first kappa shape index (κ1) is 21.2. The average Bonchev–Trinajstić information content (AvgIpc) is 2.58. The van der Waals surface area contributed by atoms with Crippen molar-refractivity contribution in [2.45, 2.75) is 19.0 Å². The van der Waals surface area contributed by atoms with Crippen LogP contribution < -0.4 is 10.6 Å². The molecule has 0 bridgehead atoms. The van der Waals surface area contributed by atoms with Crippen molar-refractivity contribution in [3.63, 3.8) is 0 Å². The number of allylic oxidation sites excluding steroid dienone is 7. The summed E-state index contributed by atoms with van der Waals surface area (Å²) >= 11 is 7.25. The molecule has 0 radical (unpaired) electrons. The third kappa shape index (κ3) is 7.17. The lowest BCUT2D eigenvalue weighted by Crippen LogP contribution is -2.41. The third-order valence-corrected chi connectivity index (χ3v) is 5.05. The Hall–Kier alpha value is -2.15. The summed E-state index contributed by atoms with van der Waals surface area (Å²) in [6.07, 6.45) is 7.89. The summed E-state index contributed by atoms with van der Waals surface area (Å²) in [4.78, 5) is 24.7. The number of carbonyl (C=O) groups is 2. The van der Waals surface area contributed by atoms with Gasteiger partial charge in [0.05, 0.1) is 11.4 Å². The Labute approximate surface area is 163 Å². The number of carbonyl (C=O) groups excluding carboxylic acids is 2. The van der Waals surface area contributed by atoms with Gasteiger partial charge in [0.25, 0.3) is 5.91 Å². The van der Waals surface area contributed by atoms with Crippen LogP contribution >= 0.6 is 23.4 Å². The van der Waals surface area contributed by atoms with Gasteiger partial charge in [-0.1, -0.05) is 47.7 Å². The average molecular weight is 417 g/mol. The minimum absolute atomic E-state index is 0.210. The molecule has 0 aromatic rings. The van der Waals surface area contributed by atoms with Crippen LogP contribution in [0.2, 0.25) is 0 Å².